The van der Waals surface area contributed by atoms with E-state index in [4.69, 9.17) is 15.2 Å². The molecular weight excluding hydrogens is 542 g/mol. The molecule has 1 fully saturated rings. The Labute approximate surface area is 244 Å². The van der Waals surface area contributed by atoms with Crippen molar-refractivity contribution < 1.29 is 28.6 Å². The second-order valence-electron chi connectivity index (χ2n) is 10.7. The normalized spacial score (nSPS) is 15.8. The predicted octanol–water partition coefficient (Wildman–Crippen LogP) is 6.07. The number of rotatable bonds is 7. The molecule has 3 aromatic carbocycles. The lowest BCUT2D eigenvalue weighted by atomic mass is 9.98. The van der Waals surface area contributed by atoms with E-state index in [1.165, 1.54) is 29.8 Å². The molecule has 1 atom stereocenters. The van der Waals surface area contributed by atoms with Gasteiger partial charge < -0.3 is 25.7 Å². The molecule has 0 bridgehead atoms. The summed E-state index contributed by atoms with van der Waals surface area (Å²) in [5, 5.41) is 22.9. The number of nitrogens with zero attached hydrogens (tertiary/aromatic N) is 2. The maximum absolute atomic E-state index is 14.1. The fraction of sp³-hybridized carbons (Fsp3) is 0.344. The zero-order chi connectivity index (χ0) is 30.2. The second kappa shape index (κ2) is 14.0. The van der Waals surface area contributed by atoms with Gasteiger partial charge in [-0.25, -0.2) is 13.8 Å². The Morgan fingerprint density at radius 2 is 1.62 bits per heavy atom. The third kappa shape index (κ3) is 8.36. The molecule has 42 heavy (non-hydrogen) atoms. The highest BCUT2D eigenvalue weighted by molar-refractivity contribution is 6.08. The van der Waals surface area contributed by atoms with Gasteiger partial charge in [0, 0.05) is 43.0 Å². The largest absolute Gasteiger partial charge is 0.481 e. The lowest BCUT2D eigenvalue weighted by molar-refractivity contribution is -0.143. The summed E-state index contributed by atoms with van der Waals surface area (Å²) in [6.07, 6.45) is 1.23. The van der Waals surface area contributed by atoms with Crippen LogP contribution in [0.25, 0.3) is 0 Å². The second-order valence-corrected chi connectivity index (χ2v) is 10.7. The van der Waals surface area contributed by atoms with Crippen molar-refractivity contribution >= 4 is 34.8 Å². The van der Waals surface area contributed by atoms with E-state index in [1.54, 1.807) is 6.07 Å². The molecule has 5 rings (SSSR count). The zero-order valence-electron chi connectivity index (χ0n) is 23.7. The Hall–Kier alpha value is -4.31. The minimum Gasteiger partial charge on any atom is -0.481 e. The molecular formula is C32H36F2N4O4. The van der Waals surface area contributed by atoms with Crippen LogP contribution in [0.4, 0.5) is 25.8 Å². The number of hydrogen-bond acceptors (Lipinski definition) is 6. The van der Waals surface area contributed by atoms with Crippen LogP contribution in [-0.2, 0) is 16.0 Å². The number of anilines is 2. The van der Waals surface area contributed by atoms with Gasteiger partial charge in [-0.3, -0.25) is 9.59 Å². The Morgan fingerprint density at radius 3 is 2.29 bits per heavy atom. The average Bonchev–Trinajstić information content (AvgIpc) is 3.12. The number of aryl methyl sites for hydroxylation is 1. The van der Waals surface area contributed by atoms with Gasteiger partial charge in [-0.05, 0) is 66.3 Å². The van der Waals surface area contributed by atoms with Crippen molar-refractivity contribution in [3.05, 3.63) is 89.0 Å². The van der Waals surface area contributed by atoms with E-state index in [0.717, 1.165) is 60.8 Å². The van der Waals surface area contributed by atoms with Gasteiger partial charge in [0.25, 0.3) is 0 Å². The minimum atomic E-state index is -1.08. The summed E-state index contributed by atoms with van der Waals surface area (Å²) in [6.45, 7) is 6.83. The highest BCUT2D eigenvalue weighted by Gasteiger charge is 2.27. The van der Waals surface area contributed by atoms with Crippen LogP contribution < -0.4 is 10.6 Å². The molecule has 0 saturated carbocycles. The highest BCUT2D eigenvalue weighted by Crippen LogP contribution is 2.36. The Morgan fingerprint density at radius 1 is 0.952 bits per heavy atom. The molecule has 1 saturated heterocycles. The predicted molar refractivity (Wildman–Crippen MR) is 159 cm³/mol. The van der Waals surface area contributed by atoms with Crippen LogP contribution in [0.15, 0.2) is 65.7 Å². The van der Waals surface area contributed by atoms with E-state index in [1.807, 2.05) is 12.1 Å². The highest BCUT2D eigenvalue weighted by atomic mass is 19.1. The first kappa shape index (κ1) is 30.6. The van der Waals surface area contributed by atoms with Crippen molar-refractivity contribution in [1.29, 1.82) is 0 Å². The summed E-state index contributed by atoms with van der Waals surface area (Å²) in [7, 11) is 0. The third-order valence-corrected chi connectivity index (χ3v) is 7.21. The number of benzene rings is 3. The summed E-state index contributed by atoms with van der Waals surface area (Å²) in [5.41, 5.74) is 5.81. The summed E-state index contributed by atoms with van der Waals surface area (Å²) in [5.74, 6) is -1.39. The zero-order valence-corrected chi connectivity index (χ0v) is 23.7. The lowest BCUT2D eigenvalue weighted by Gasteiger charge is -2.36. The van der Waals surface area contributed by atoms with E-state index < -0.39 is 11.9 Å². The number of amidine groups is 1. The molecule has 2 heterocycles. The Kier molecular flexibility index (Phi) is 10.2. The van der Waals surface area contributed by atoms with Crippen molar-refractivity contribution in [3.8, 4) is 0 Å². The number of carboxylic acids is 2. The first-order valence-corrected chi connectivity index (χ1v) is 14.0. The summed E-state index contributed by atoms with van der Waals surface area (Å²) < 4.78 is 27.3. The van der Waals surface area contributed by atoms with Crippen LogP contribution in [0.5, 0.6) is 0 Å². The van der Waals surface area contributed by atoms with Crippen LogP contribution in [-0.4, -0.2) is 58.6 Å². The molecule has 0 radical (unpaired) electrons. The molecule has 2 aliphatic heterocycles. The first-order valence-electron chi connectivity index (χ1n) is 14.0. The van der Waals surface area contributed by atoms with Crippen molar-refractivity contribution in [2.75, 3.05) is 25.0 Å². The van der Waals surface area contributed by atoms with E-state index in [0.29, 0.717) is 11.6 Å². The van der Waals surface area contributed by atoms with Gasteiger partial charge in [-0.1, -0.05) is 32.0 Å². The fourth-order valence-corrected chi connectivity index (χ4v) is 4.90. The van der Waals surface area contributed by atoms with Gasteiger partial charge in [-0.15, -0.1) is 0 Å². The number of aliphatic carboxylic acids is 2. The minimum absolute atomic E-state index is 0.207. The fourth-order valence-electron chi connectivity index (χ4n) is 4.90. The number of hydrogen-bond donors (Lipinski definition) is 4. The van der Waals surface area contributed by atoms with Crippen molar-refractivity contribution in [1.82, 2.24) is 10.2 Å². The smallest absolute Gasteiger partial charge is 0.303 e. The van der Waals surface area contributed by atoms with Crippen LogP contribution in [0.2, 0.25) is 0 Å². The topological polar surface area (TPSA) is 114 Å². The van der Waals surface area contributed by atoms with Gasteiger partial charge in [-0.2, -0.15) is 0 Å². The van der Waals surface area contributed by atoms with E-state index in [-0.39, 0.29) is 30.5 Å². The number of piperazine rings is 1. The molecule has 0 unspecified atom stereocenters. The monoisotopic (exact) mass is 578 g/mol. The molecule has 0 aromatic heterocycles. The summed E-state index contributed by atoms with van der Waals surface area (Å²) in [4.78, 5) is 26.6. The van der Waals surface area contributed by atoms with E-state index >= 15 is 0 Å². The van der Waals surface area contributed by atoms with Gasteiger partial charge in [0.1, 0.15) is 17.5 Å². The number of fused-ring (bicyclic) bond motifs is 2. The molecule has 10 heteroatoms. The maximum atomic E-state index is 14.1. The number of carboxylic acid groups (broad SMARTS) is 2. The van der Waals surface area contributed by atoms with Crippen molar-refractivity contribution in [3.63, 3.8) is 0 Å². The molecule has 0 aliphatic carbocycles. The van der Waals surface area contributed by atoms with Crippen molar-refractivity contribution in [2.24, 2.45) is 4.99 Å². The van der Waals surface area contributed by atoms with Crippen LogP contribution in [0.1, 0.15) is 55.7 Å². The third-order valence-electron chi connectivity index (χ3n) is 7.21. The number of halogens is 2. The molecule has 3 aromatic rings. The van der Waals surface area contributed by atoms with E-state index in [9.17, 15) is 18.4 Å². The first-order chi connectivity index (χ1) is 20.1. The molecule has 0 amide bonds. The SMILES string of the molecule is CC(C)c1ccc2c(c1)C(N1CCN[C@@H](CCc3ccc(F)cc3)C1)=Nc1cc(F)ccc1N2.O=C(O)CCC(=O)O. The van der Waals surface area contributed by atoms with Crippen LogP contribution >= 0.6 is 0 Å². The van der Waals surface area contributed by atoms with Crippen LogP contribution in [0.3, 0.4) is 0 Å². The molecule has 2 aliphatic rings. The average molecular weight is 579 g/mol. The van der Waals surface area contributed by atoms with Gasteiger partial charge in [0.05, 0.1) is 24.2 Å². The summed E-state index contributed by atoms with van der Waals surface area (Å²) in [6, 6.07) is 18.2. The van der Waals surface area contributed by atoms with Gasteiger partial charge in [0.15, 0.2) is 0 Å². The summed E-state index contributed by atoms with van der Waals surface area (Å²) >= 11 is 0. The number of nitrogens with one attached hydrogen (secondary N) is 2. The van der Waals surface area contributed by atoms with Crippen molar-refractivity contribution in [2.45, 2.75) is 51.5 Å². The van der Waals surface area contributed by atoms with Gasteiger partial charge >= 0.3 is 11.9 Å². The lowest BCUT2D eigenvalue weighted by Crippen LogP contribution is -2.53. The van der Waals surface area contributed by atoms with Gasteiger partial charge in [0.2, 0.25) is 0 Å². The van der Waals surface area contributed by atoms with E-state index in [2.05, 4.69) is 47.6 Å². The number of carbonyl (C=O) groups is 2. The standard InChI is InChI=1S/C28H30F2N4.C4H6O4/c1-18(2)20-6-11-25-24(15-20)28(33-27-16-22(30)9-12-26(27)32-25)34-14-13-31-23(17-34)10-5-19-3-7-21(29)8-4-19;5-3(6)1-2-4(7)8/h3-4,6-9,11-12,15-16,18,23,31-32H,5,10,13-14,17H2,1-2H3;1-2H2,(H,5,6)(H,7,8)/t23-;/m0./s1. The molecule has 222 valence electrons. The quantitative estimate of drug-likeness (QED) is 0.269. The Bertz CT molecular complexity index is 1430. The Balaban J connectivity index is 0.000000446. The number of aliphatic imine (C=N–C) groups is 1. The molecule has 8 nitrogen and oxygen atoms in total. The van der Waals surface area contributed by atoms with Crippen LogP contribution in [0, 0.1) is 11.6 Å². The molecule has 0 spiro atoms. The molecule has 4 N–H and O–H groups in total. The maximum Gasteiger partial charge on any atom is 0.303 e.